The third-order valence-electron chi connectivity index (χ3n) is 9.15. The van der Waals surface area contributed by atoms with Crippen molar-refractivity contribution < 1.29 is 9.59 Å². The third-order valence-corrected chi connectivity index (χ3v) is 11.7. The number of thiazole rings is 1. The predicted molar refractivity (Wildman–Crippen MR) is 147 cm³/mol. The number of aryl methyl sites for hydroxylation is 1. The number of amides is 2. The Balaban J connectivity index is 1.30. The predicted octanol–water partition coefficient (Wildman–Crippen LogP) is 5.72. The largest absolute Gasteiger partial charge is 0.307 e. The number of anilines is 1. The topological polar surface area (TPSA) is 70.2 Å². The number of H-pyrrole nitrogens is 1. The maximum atomic E-state index is 13.8. The van der Waals surface area contributed by atoms with Crippen molar-refractivity contribution in [3.63, 3.8) is 0 Å². The van der Waals surface area contributed by atoms with Gasteiger partial charge in [0.05, 0.1) is 22.5 Å². The van der Waals surface area contributed by atoms with Crippen LogP contribution in [0.2, 0.25) is 0 Å². The minimum atomic E-state index is -0.269. The summed E-state index contributed by atoms with van der Waals surface area (Å²) in [5.41, 5.74) is 4.33. The normalized spacial score (nSPS) is 32.0. The number of carbonyl (C=O) groups excluding carboxylic acids is 2. The van der Waals surface area contributed by atoms with Crippen molar-refractivity contribution in [3.8, 4) is 0 Å². The molecule has 0 unspecified atom stereocenters. The molecule has 2 aromatic carbocycles. The van der Waals surface area contributed by atoms with E-state index in [-0.39, 0.29) is 62.9 Å². The monoisotopic (exact) mass is 530 g/mol. The average Bonchev–Trinajstić information content (AvgIpc) is 3.58. The molecular formula is C30H30N2O3S2. The number of nitrogens with zero attached hydrogens (tertiary/aromatic N) is 1. The second kappa shape index (κ2) is 7.93. The lowest BCUT2D eigenvalue weighted by molar-refractivity contribution is -0.123. The molecule has 2 amide bonds. The molecule has 4 aliphatic rings. The Kier molecular flexibility index (Phi) is 5.03. The number of rotatable bonds is 2. The second-order valence-corrected chi connectivity index (χ2v) is 14.4. The van der Waals surface area contributed by atoms with Crippen molar-refractivity contribution in [2.45, 2.75) is 55.7 Å². The quantitative estimate of drug-likeness (QED) is 0.430. The summed E-state index contributed by atoms with van der Waals surface area (Å²) in [6.07, 6.45) is 0.909. The van der Waals surface area contributed by atoms with Gasteiger partial charge >= 0.3 is 4.87 Å². The number of carbonyl (C=O) groups is 2. The van der Waals surface area contributed by atoms with Crippen LogP contribution in [0.1, 0.15) is 54.7 Å². The third kappa shape index (κ3) is 3.32. The highest BCUT2D eigenvalue weighted by atomic mass is 32.2. The van der Waals surface area contributed by atoms with Gasteiger partial charge in [-0.2, -0.15) is 0 Å². The lowest BCUT2D eigenvalue weighted by Crippen LogP contribution is -2.42. The summed E-state index contributed by atoms with van der Waals surface area (Å²) >= 11 is 3.05. The molecule has 3 fully saturated rings. The first-order valence-corrected chi connectivity index (χ1v) is 14.8. The zero-order valence-electron chi connectivity index (χ0n) is 21.4. The number of aromatic amines is 1. The number of hydrogen-bond donors (Lipinski definition) is 1. The van der Waals surface area contributed by atoms with E-state index < -0.39 is 0 Å². The van der Waals surface area contributed by atoms with Gasteiger partial charge in [-0.15, -0.1) is 11.8 Å². The van der Waals surface area contributed by atoms with Crippen LogP contribution in [0.5, 0.6) is 0 Å². The van der Waals surface area contributed by atoms with Gasteiger partial charge in [0, 0.05) is 16.0 Å². The Hall–Kier alpha value is -2.64. The smallest absolute Gasteiger partial charge is 0.305 e. The molecule has 1 N–H and O–H groups in total. The first kappa shape index (κ1) is 23.5. The number of benzene rings is 2. The molecule has 7 rings (SSSR count). The fourth-order valence-electron chi connectivity index (χ4n) is 7.53. The van der Waals surface area contributed by atoms with Crippen molar-refractivity contribution in [3.05, 3.63) is 79.8 Å². The molecule has 0 radical (unpaired) electrons. The van der Waals surface area contributed by atoms with Crippen LogP contribution < -0.4 is 9.77 Å². The Labute approximate surface area is 224 Å². The van der Waals surface area contributed by atoms with Crippen LogP contribution in [0.4, 0.5) is 5.69 Å². The van der Waals surface area contributed by atoms with E-state index in [1.54, 1.807) is 11.8 Å². The van der Waals surface area contributed by atoms with E-state index in [4.69, 9.17) is 0 Å². The molecule has 2 aliphatic heterocycles. The maximum Gasteiger partial charge on any atom is 0.305 e. The van der Waals surface area contributed by atoms with Crippen LogP contribution in [0, 0.1) is 36.5 Å². The minimum Gasteiger partial charge on any atom is -0.307 e. The Morgan fingerprint density at radius 2 is 1.54 bits per heavy atom. The molecule has 1 aromatic heterocycles. The molecule has 2 aliphatic carbocycles. The van der Waals surface area contributed by atoms with E-state index in [1.807, 2.05) is 31.2 Å². The highest BCUT2D eigenvalue weighted by Crippen LogP contribution is 2.68. The van der Waals surface area contributed by atoms with Crippen LogP contribution in [0.25, 0.3) is 0 Å². The lowest BCUT2D eigenvalue weighted by atomic mass is 9.68. The summed E-state index contributed by atoms with van der Waals surface area (Å²) in [6, 6.07) is 16.5. The first-order chi connectivity index (χ1) is 17.6. The van der Waals surface area contributed by atoms with Gasteiger partial charge < -0.3 is 4.98 Å². The van der Waals surface area contributed by atoms with Gasteiger partial charge in [-0.3, -0.25) is 19.3 Å². The molecule has 7 atom stereocenters. The summed E-state index contributed by atoms with van der Waals surface area (Å²) in [5, 5.41) is 1.17. The average molecular weight is 531 g/mol. The van der Waals surface area contributed by atoms with Crippen molar-refractivity contribution in [1.82, 2.24) is 4.98 Å². The molecule has 3 aromatic rings. The molecule has 190 valence electrons. The van der Waals surface area contributed by atoms with E-state index in [0.717, 1.165) is 21.9 Å². The van der Waals surface area contributed by atoms with Gasteiger partial charge in [-0.05, 0) is 59.8 Å². The molecule has 2 bridgehead atoms. The number of fused-ring (bicyclic) bond motifs is 9. The van der Waals surface area contributed by atoms with Gasteiger partial charge in [-0.25, -0.2) is 0 Å². The number of nitrogens with one attached hydrogen (secondary N) is 1. The summed E-state index contributed by atoms with van der Waals surface area (Å²) < 4.78 is 0. The molecule has 1 saturated heterocycles. The fourth-order valence-corrected chi connectivity index (χ4v) is 10.4. The number of imide groups is 1. The van der Waals surface area contributed by atoms with Gasteiger partial charge in [0.25, 0.3) is 0 Å². The molecule has 37 heavy (non-hydrogen) atoms. The van der Waals surface area contributed by atoms with Crippen molar-refractivity contribution >= 4 is 40.6 Å². The van der Waals surface area contributed by atoms with Crippen LogP contribution in [-0.4, -0.2) is 22.0 Å². The molecule has 7 heteroatoms. The minimum absolute atomic E-state index is 0.0287. The summed E-state index contributed by atoms with van der Waals surface area (Å²) in [6.45, 7) is 8.64. The highest BCUT2D eigenvalue weighted by molar-refractivity contribution is 8.00. The van der Waals surface area contributed by atoms with E-state index in [9.17, 15) is 14.4 Å². The Morgan fingerprint density at radius 3 is 2.19 bits per heavy atom. The molecule has 5 nitrogen and oxygen atoms in total. The first-order valence-electron chi connectivity index (χ1n) is 13.1. The SMILES string of the molecule is Cc1ccc(N2C(=O)[C@@H]3[C@@H]4C[C@H]([C@H]5Sc6[nH]c(=O)sc6[C@@H](c6ccc(C(C)(C)C)cc6)[C@H]45)[C@@H]3C2=O)cc1. The van der Waals surface area contributed by atoms with E-state index >= 15 is 0 Å². The van der Waals surface area contributed by atoms with E-state index in [1.165, 1.54) is 27.4 Å². The summed E-state index contributed by atoms with van der Waals surface area (Å²) in [5.74, 6) is -0.0397. The van der Waals surface area contributed by atoms with Gasteiger partial charge in [0.15, 0.2) is 0 Å². The van der Waals surface area contributed by atoms with Crippen molar-refractivity contribution in [1.29, 1.82) is 0 Å². The molecular weight excluding hydrogens is 500 g/mol. The highest BCUT2D eigenvalue weighted by Gasteiger charge is 2.69. The lowest BCUT2D eigenvalue weighted by Gasteiger charge is -2.43. The van der Waals surface area contributed by atoms with Crippen molar-refractivity contribution in [2.24, 2.45) is 29.6 Å². The second-order valence-electron chi connectivity index (χ2n) is 12.2. The van der Waals surface area contributed by atoms with Crippen molar-refractivity contribution in [2.75, 3.05) is 4.90 Å². The standard InChI is InChI=1S/C30H30N2O3S2/c1-14-5-11-17(12-6-14)32-27(33)22-18-13-19(23(22)28(32)34)24-21(18)20(25-26(36-24)31-29(35)37-25)15-7-9-16(10-8-15)30(2,3)4/h5-12,18-24H,13H2,1-4H3,(H,31,35)/t18-,19+,20+,21+,22-,23+,24-/m1/s1. The maximum absolute atomic E-state index is 13.8. The van der Waals surface area contributed by atoms with Crippen LogP contribution in [0.3, 0.4) is 0 Å². The molecule has 2 saturated carbocycles. The zero-order chi connectivity index (χ0) is 25.8. The number of thioether (sulfide) groups is 1. The Bertz CT molecular complexity index is 1480. The number of hydrogen-bond acceptors (Lipinski definition) is 5. The van der Waals surface area contributed by atoms with Crippen LogP contribution in [-0.2, 0) is 15.0 Å². The summed E-state index contributed by atoms with van der Waals surface area (Å²) in [7, 11) is 0. The van der Waals surface area contributed by atoms with Gasteiger partial charge in [-0.1, -0.05) is 74.1 Å². The summed E-state index contributed by atoms with van der Waals surface area (Å²) in [4.78, 5) is 45.6. The Morgan fingerprint density at radius 1 is 0.892 bits per heavy atom. The fraction of sp³-hybridized carbons (Fsp3) is 0.433. The van der Waals surface area contributed by atoms with Gasteiger partial charge in [0.2, 0.25) is 11.8 Å². The van der Waals surface area contributed by atoms with Crippen LogP contribution >= 0.6 is 23.1 Å². The van der Waals surface area contributed by atoms with Crippen LogP contribution in [0.15, 0.2) is 58.4 Å². The van der Waals surface area contributed by atoms with E-state index in [2.05, 4.69) is 50.0 Å². The zero-order valence-corrected chi connectivity index (χ0v) is 23.0. The van der Waals surface area contributed by atoms with E-state index in [0.29, 0.717) is 5.69 Å². The van der Waals surface area contributed by atoms with Gasteiger partial charge in [0.1, 0.15) is 0 Å². The number of aromatic nitrogens is 1. The molecule has 3 heterocycles. The molecule has 0 spiro atoms.